The van der Waals surface area contributed by atoms with Gasteiger partial charge in [-0.15, -0.1) is 0 Å². The molecule has 0 aliphatic rings. The van der Waals surface area contributed by atoms with Crippen molar-refractivity contribution < 1.29 is 9.53 Å². The van der Waals surface area contributed by atoms with Gasteiger partial charge in [0.1, 0.15) is 11.4 Å². The Kier molecular flexibility index (Phi) is 2.82. The van der Waals surface area contributed by atoms with E-state index in [0.717, 1.165) is 0 Å². The SMILES string of the molecule is NC(=O)c1cccc(Oc2ccccc2)n1. The van der Waals surface area contributed by atoms with E-state index in [-0.39, 0.29) is 5.69 Å². The monoisotopic (exact) mass is 214 g/mol. The highest BCUT2D eigenvalue weighted by atomic mass is 16.5. The maximum Gasteiger partial charge on any atom is 0.267 e. The molecular formula is C12H10N2O2. The molecule has 80 valence electrons. The lowest BCUT2D eigenvalue weighted by Crippen LogP contribution is -2.12. The average molecular weight is 214 g/mol. The first kappa shape index (κ1) is 10.2. The van der Waals surface area contributed by atoms with Crippen molar-refractivity contribution in [3.8, 4) is 11.6 Å². The molecule has 1 aromatic heterocycles. The Morgan fingerprint density at radius 3 is 2.50 bits per heavy atom. The standard InChI is InChI=1S/C12H10N2O2/c13-12(15)10-7-4-8-11(14-10)16-9-5-2-1-3-6-9/h1-8H,(H2,13,15). The van der Waals surface area contributed by atoms with Gasteiger partial charge < -0.3 is 10.5 Å². The molecule has 0 saturated heterocycles. The number of aromatic nitrogens is 1. The normalized spacial score (nSPS) is 9.75. The molecule has 0 saturated carbocycles. The number of nitrogens with two attached hydrogens (primary N) is 1. The minimum atomic E-state index is -0.571. The summed E-state index contributed by atoms with van der Waals surface area (Å²) < 4.78 is 5.45. The van der Waals surface area contributed by atoms with E-state index in [9.17, 15) is 4.79 Å². The van der Waals surface area contributed by atoms with E-state index in [4.69, 9.17) is 10.5 Å². The lowest BCUT2D eigenvalue weighted by atomic mass is 10.3. The number of nitrogens with zero attached hydrogens (tertiary/aromatic N) is 1. The third-order valence-corrected chi connectivity index (χ3v) is 1.94. The number of carbonyl (C=O) groups is 1. The number of primary amides is 1. The first-order valence-corrected chi connectivity index (χ1v) is 4.75. The van der Waals surface area contributed by atoms with E-state index in [0.29, 0.717) is 11.6 Å². The molecule has 16 heavy (non-hydrogen) atoms. The van der Waals surface area contributed by atoms with E-state index in [1.807, 2.05) is 18.2 Å². The molecule has 1 amide bonds. The Bertz CT molecular complexity index is 497. The van der Waals surface area contributed by atoms with Crippen LogP contribution in [0.15, 0.2) is 48.5 Å². The topological polar surface area (TPSA) is 65.2 Å². The van der Waals surface area contributed by atoms with Crippen LogP contribution in [0.1, 0.15) is 10.5 Å². The number of ether oxygens (including phenoxy) is 1. The first-order chi connectivity index (χ1) is 7.75. The Morgan fingerprint density at radius 2 is 1.81 bits per heavy atom. The summed E-state index contributed by atoms with van der Waals surface area (Å²) in [6.45, 7) is 0. The van der Waals surface area contributed by atoms with Crippen molar-refractivity contribution in [2.75, 3.05) is 0 Å². The van der Waals surface area contributed by atoms with E-state index < -0.39 is 5.91 Å². The van der Waals surface area contributed by atoms with Crippen LogP contribution in [0.25, 0.3) is 0 Å². The van der Waals surface area contributed by atoms with Crippen molar-refractivity contribution in [1.82, 2.24) is 4.98 Å². The number of hydrogen-bond donors (Lipinski definition) is 1. The quantitative estimate of drug-likeness (QED) is 0.849. The summed E-state index contributed by atoms with van der Waals surface area (Å²) in [5, 5.41) is 0. The molecule has 1 heterocycles. The second kappa shape index (κ2) is 4.44. The Hall–Kier alpha value is -2.36. The van der Waals surface area contributed by atoms with Crippen molar-refractivity contribution in [1.29, 1.82) is 0 Å². The molecule has 0 aliphatic heterocycles. The molecule has 4 heteroatoms. The fraction of sp³-hybridized carbons (Fsp3) is 0. The van der Waals surface area contributed by atoms with Crippen LogP contribution in [-0.2, 0) is 0 Å². The van der Waals surface area contributed by atoms with Gasteiger partial charge in [-0.3, -0.25) is 4.79 Å². The van der Waals surface area contributed by atoms with Gasteiger partial charge in [0.15, 0.2) is 0 Å². The minimum Gasteiger partial charge on any atom is -0.439 e. The van der Waals surface area contributed by atoms with Crippen LogP contribution in [0, 0.1) is 0 Å². The Balaban J connectivity index is 2.22. The second-order valence-electron chi connectivity index (χ2n) is 3.14. The van der Waals surface area contributed by atoms with Crippen molar-refractivity contribution in [2.45, 2.75) is 0 Å². The molecule has 4 nitrogen and oxygen atoms in total. The van der Waals surface area contributed by atoms with Crippen LogP contribution in [-0.4, -0.2) is 10.9 Å². The molecule has 0 spiro atoms. The molecule has 2 N–H and O–H groups in total. The van der Waals surface area contributed by atoms with Crippen molar-refractivity contribution >= 4 is 5.91 Å². The molecule has 0 unspecified atom stereocenters. The molecule has 0 atom stereocenters. The van der Waals surface area contributed by atoms with Gasteiger partial charge in [-0.05, 0) is 18.2 Å². The van der Waals surface area contributed by atoms with Gasteiger partial charge in [0.2, 0.25) is 5.88 Å². The lowest BCUT2D eigenvalue weighted by molar-refractivity contribution is 0.0995. The van der Waals surface area contributed by atoms with Gasteiger partial charge in [0.05, 0.1) is 0 Å². The van der Waals surface area contributed by atoms with Crippen molar-refractivity contribution in [3.63, 3.8) is 0 Å². The Morgan fingerprint density at radius 1 is 1.06 bits per heavy atom. The van der Waals surface area contributed by atoms with E-state index in [1.165, 1.54) is 0 Å². The summed E-state index contributed by atoms with van der Waals surface area (Å²) in [5.41, 5.74) is 5.31. The van der Waals surface area contributed by atoms with E-state index >= 15 is 0 Å². The number of amides is 1. The number of hydrogen-bond acceptors (Lipinski definition) is 3. The molecule has 0 aliphatic carbocycles. The fourth-order valence-corrected chi connectivity index (χ4v) is 1.22. The van der Waals surface area contributed by atoms with Crippen LogP contribution in [0.2, 0.25) is 0 Å². The summed E-state index contributed by atoms with van der Waals surface area (Å²) in [6.07, 6.45) is 0. The number of carbonyl (C=O) groups excluding carboxylic acids is 1. The molecule has 2 aromatic rings. The van der Waals surface area contributed by atoms with Crippen LogP contribution in [0.5, 0.6) is 11.6 Å². The molecule has 0 radical (unpaired) electrons. The maximum atomic E-state index is 10.9. The molecule has 0 fully saturated rings. The highest BCUT2D eigenvalue weighted by molar-refractivity contribution is 5.90. The predicted molar refractivity (Wildman–Crippen MR) is 59.3 cm³/mol. The molecule has 2 rings (SSSR count). The highest BCUT2D eigenvalue weighted by Gasteiger charge is 2.04. The van der Waals surface area contributed by atoms with Gasteiger partial charge in [-0.1, -0.05) is 24.3 Å². The van der Waals surface area contributed by atoms with Gasteiger partial charge in [0, 0.05) is 6.07 Å². The summed E-state index contributed by atoms with van der Waals surface area (Å²) in [5.74, 6) is 0.442. The highest BCUT2D eigenvalue weighted by Crippen LogP contribution is 2.18. The maximum absolute atomic E-state index is 10.9. The van der Waals surface area contributed by atoms with Crippen LogP contribution >= 0.6 is 0 Å². The number of pyridine rings is 1. The van der Waals surface area contributed by atoms with Gasteiger partial charge in [0.25, 0.3) is 5.91 Å². The summed E-state index contributed by atoms with van der Waals surface area (Å²) in [4.78, 5) is 14.9. The first-order valence-electron chi connectivity index (χ1n) is 4.75. The van der Waals surface area contributed by atoms with Gasteiger partial charge >= 0.3 is 0 Å². The third kappa shape index (κ3) is 2.36. The van der Waals surface area contributed by atoms with E-state index in [2.05, 4.69) is 4.98 Å². The van der Waals surface area contributed by atoms with Crippen molar-refractivity contribution in [2.24, 2.45) is 5.73 Å². The fourth-order valence-electron chi connectivity index (χ4n) is 1.22. The number of para-hydroxylation sites is 1. The largest absolute Gasteiger partial charge is 0.439 e. The lowest BCUT2D eigenvalue weighted by Gasteiger charge is -2.04. The van der Waals surface area contributed by atoms with Crippen LogP contribution < -0.4 is 10.5 Å². The zero-order chi connectivity index (χ0) is 11.4. The van der Waals surface area contributed by atoms with Crippen LogP contribution in [0.3, 0.4) is 0 Å². The predicted octanol–water partition coefficient (Wildman–Crippen LogP) is 1.97. The summed E-state index contributed by atoms with van der Waals surface area (Å²) in [6, 6.07) is 14.1. The van der Waals surface area contributed by atoms with Crippen LogP contribution in [0.4, 0.5) is 0 Å². The second-order valence-corrected chi connectivity index (χ2v) is 3.14. The average Bonchev–Trinajstić information content (AvgIpc) is 2.30. The molecule has 1 aromatic carbocycles. The minimum absolute atomic E-state index is 0.188. The number of benzene rings is 1. The molecular weight excluding hydrogens is 204 g/mol. The zero-order valence-electron chi connectivity index (χ0n) is 8.46. The van der Waals surface area contributed by atoms with Crippen molar-refractivity contribution in [3.05, 3.63) is 54.2 Å². The Labute approximate surface area is 92.7 Å². The van der Waals surface area contributed by atoms with Gasteiger partial charge in [-0.2, -0.15) is 0 Å². The summed E-state index contributed by atoms with van der Waals surface area (Å²) in [7, 11) is 0. The smallest absolute Gasteiger partial charge is 0.267 e. The third-order valence-electron chi connectivity index (χ3n) is 1.94. The molecule has 0 bridgehead atoms. The van der Waals surface area contributed by atoms with Gasteiger partial charge in [-0.25, -0.2) is 4.98 Å². The van der Waals surface area contributed by atoms with E-state index in [1.54, 1.807) is 30.3 Å². The zero-order valence-corrected chi connectivity index (χ0v) is 8.46. The number of rotatable bonds is 3. The summed E-state index contributed by atoms with van der Waals surface area (Å²) >= 11 is 0.